The molecule has 4 rings (SSSR count). The topological polar surface area (TPSA) is 0 Å². The second kappa shape index (κ2) is 2.70. The summed E-state index contributed by atoms with van der Waals surface area (Å²) in [6, 6.07) is 0. The number of rotatable bonds is 1. The van der Waals surface area contributed by atoms with Gasteiger partial charge in [-0.1, -0.05) is 15.5 Å². The Kier molecular flexibility index (Phi) is 1.85. The molecule has 0 nitrogen and oxygen atoms in total. The highest BCUT2D eigenvalue weighted by Gasteiger charge is 2.50. The molecule has 4 fully saturated rings. The van der Waals surface area contributed by atoms with Gasteiger partial charge in [-0.2, -0.15) is 0 Å². The quantitative estimate of drug-likeness (QED) is 0.615. The van der Waals surface area contributed by atoms with Crippen LogP contribution in [0.1, 0.15) is 38.5 Å². The maximum atomic E-state index is 3.77. The van der Waals surface area contributed by atoms with Gasteiger partial charge in [-0.25, -0.2) is 0 Å². The average Bonchev–Trinajstić information content (AvgIpc) is 2.02. The molecular formula is C10H16BrP. The van der Waals surface area contributed by atoms with Crippen molar-refractivity contribution in [3.8, 4) is 0 Å². The van der Waals surface area contributed by atoms with Gasteiger partial charge >= 0.3 is 0 Å². The maximum absolute atomic E-state index is 3.77. The highest BCUT2D eigenvalue weighted by molar-refractivity contribution is 9.37. The van der Waals surface area contributed by atoms with E-state index >= 15 is 0 Å². The fraction of sp³-hybridized carbons (Fsp3) is 1.00. The monoisotopic (exact) mass is 246 g/mol. The minimum atomic E-state index is 0.786. The van der Waals surface area contributed by atoms with Crippen molar-refractivity contribution in [1.82, 2.24) is 0 Å². The van der Waals surface area contributed by atoms with Crippen LogP contribution in [0.5, 0.6) is 0 Å². The highest BCUT2D eigenvalue weighted by Crippen LogP contribution is 2.64. The lowest BCUT2D eigenvalue weighted by Crippen LogP contribution is -2.47. The summed E-state index contributed by atoms with van der Waals surface area (Å²) in [6.45, 7) is 0. The summed E-state index contributed by atoms with van der Waals surface area (Å²) in [5, 5.41) is 0.786. The lowest BCUT2D eigenvalue weighted by molar-refractivity contribution is 0.0376. The Bertz CT molecular complexity index is 167. The standard InChI is InChI=1S/C10H16BrP/c11-12-10-4-7-1-8(5-10)3-9(2-7)6-10/h7-9,12H,1-6H2. The Morgan fingerprint density at radius 1 is 0.917 bits per heavy atom. The second-order valence-electron chi connectivity index (χ2n) is 5.29. The van der Waals surface area contributed by atoms with Gasteiger partial charge in [-0.05, 0) is 68.7 Å². The van der Waals surface area contributed by atoms with Crippen molar-refractivity contribution >= 4 is 22.8 Å². The van der Waals surface area contributed by atoms with E-state index in [4.69, 9.17) is 0 Å². The van der Waals surface area contributed by atoms with Crippen LogP contribution in [-0.4, -0.2) is 5.16 Å². The zero-order valence-corrected chi connectivity index (χ0v) is 9.94. The van der Waals surface area contributed by atoms with Crippen LogP contribution in [0.15, 0.2) is 0 Å². The first-order valence-electron chi connectivity index (χ1n) is 5.17. The molecule has 0 N–H and O–H groups in total. The van der Waals surface area contributed by atoms with Gasteiger partial charge in [-0.3, -0.25) is 0 Å². The molecule has 1 unspecified atom stereocenters. The zero-order chi connectivity index (χ0) is 8.18. The minimum Gasteiger partial charge on any atom is -0.0636 e. The van der Waals surface area contributed by atoms with Crippen LogP contribution < -0.4 is 0 Å². The third kappa shape index (κ3) is 1.12. The molecule has 0 radical (unpaired) electrons. The van der Waals surface area contributed by atoms with Crippen LogP contribution in [0.2, 0.25) is 0 Å². The number of hydrogen-bond acceptors (Lipinski definition) is 0. The molecule has 4 aliphatic rings. The van der Waals surface area contributed by atoms with Gasteiger partial charge in [0.1, 0.15) is 0 Å². The molecule has 12 heavy (non-hydrogen) atoms. The van der Waals surface area contributed by atoms with Crippen LogP contribution in [0.25, 0.3) is 0 Å². The molecule has 0 amide bonds. The second-order valence-corrected chi connectivity index (χ2v) is 7.73. The summed E-state index contributed by atoms with van der Waals surface area (Å²) >= 11 is 3.77. The summed E-state index contributed by atoms with van der Waals surface area (Å²) in [6.07, 6.45) is 9.41. The molecule has 4 aliphatic carbocycles. The molecule has 4 bridgehead atoms. The fourth-order valence-corrected chi connectivity index (χ4v) is 6.78. The van der Waals surface area contributed by atoms with Crippen molar-refractivity contribution < 1.29 is 0 Å². The Hall–Kier alpha value is 0.910. The predicted molar refractivity (Wildman–Crippen MR) is 58.1 cm³/mol. The molecule has 4 saturated carbocycles. The van der Waals surface area contributed by atoms with Crippen LogP contribution >= 0.6 is 22.8 Å². The van der Waals surface area contributed by atoms with E-state index in [1.807, 2.05) is 0 Å². The van der Waals surface area contributed by atoms with Crippen LogP contribution in [0.3, 0.4) is 0 Å². The molecule has 0 saturated heterocycles. The largest absolute Gasteiger partial charge is 0.0636 e. The first kappa shape index (κ1) is 8.24. The Morgan fingerprint density at radius 2 is 1.33 bits per heavy atom. The zero-order valence-electron chi connectivity index (χ0n) is 7.35. The third-order valence-electron chi connectivity index (χ3n) is 4.24. The van der Waals surface area contributed by atoms with Crippen molar-refractivity contribution in [1.29, 1.82) is 0 Å². The van der Waals surface area contributed by atoms with Gasteiger partial charge in [0.05, 0.1) is 0 Å². The average molecular weight is 247 g/mol. The van der Waals surface area contributed by atoms with Crippen LogP contribution in [-0.2, 0) is 0 Å². The molecular weight excluding hydrogens is 231 g/mol. The molecule has 0 aromatic rings. The first-order valence-corrected chi connectivity index (χ1v) is 8.43. The molecule has 68 valence electrons. The van der Waals surface area contributed by atoms with E-state index < -0.39 is 0 Å². The van der Waals surface area contributed by atoms with Crippen molar-refractivity contribution in [2.75, 3.05) is 0 Å². The van der Waals surface area contributed by atoms with E-state index in [1.54, 1.807) is 38.5 Å². The normalized spacial score (nSPS) is 57.2. The Balaban J connectivity index is 1.90. The van der Waals surface area contributed by atoms with Crippen molar-refractivity contribution in [3.05, 3.63) is 0 Å². The summed E-state index contributed by atoms with van der Waals surface area (Å²) in [4.78, 5) is 0. The lowest BCUT2D eigenvalue weighted by Gasteiger charge is -2.56. The molecule has 0 aromatic carbocycles. The molecule has 0 spiro atoms. The van der Waals surface area contributed by atoms with Gasteiger partial charge in [0.25, 0.3) is 0 Å². The molecule has 2 heteroatoms. The summed E-state index contributed by atoms with van der Waals surface area (Å²) in [7, 11) is 1.04. The Labute approximate surface area is 84.4 Å². The van der Waals surface area contributed by atoms with Crippen molar-refractivity contribution in [3.63, 3.8) is 0 Å². The molecule has 0 heterocycles. The van der Waals surface area contributed by atoms with Gasteiger partial charge in [0.15, 0.2) is 0 Å². The third-order valence-corrected chi connectivity index (χ3v) is 7.78. The van der Waals surface area contributed by atoms with E-state index in [-0.39, 0.29) is 0 Å². The summed E-state index contributed by atoms with van der Waals surface area (Å²) in [5.74, 6) is 3.38. The van der Waals surface area contributed by atoms with Gasteiger partial charge < -0.3 is 0 Å². The maximum Gasteiger partial charge on any atom is -0.00158 e. The summed E-state index contributed by atoms with van der Waals surface area (Å²) in [5.41, 5.74) is 0. The number of hydrogen-bond donors (Lipinski definition) is 0. The highest BCUT2D eigenvalue weighted by atomic mass is 79.9. The van der Waals surface area contributed by atoms with Crippen molar-refractivity contribution in [2.45, 2.75) is 43.7 Å². The van der Waals surface area contributed by atoms with E-state index in [0.29, 0.717) is 0 Å². The first-order chi connectivity index (χ1) is 5.80. The molecule has 0 aromatic heterocycles. The van der Waals surface area contributed by atoms with Gasteiger partial charge in [0, 0.05) is 0 Å². The fourth-order valence-electron chi connectivity index (χ4n) is 4.23. The summed E-state index contributed by atoms with van der Waals surface area (Å²) < 4.78 is 0. The molecule has 1 atom stereocenters. The lowest BCUT2D eigenvalue weighted by atomic mass is 9.56. The van der Waals surface area contributed by atoms with E-state index in [0.717, 1.165) is 30.2 Å². The SMILES string of the molecule is BrPC12CC3CC(CC(C3)C1)C2. The van der Waals surface area contributed by atoms with Crippen LogP contribution in [0, 0.1) is 17.8 Å². The Morgan fingerprint density at radius 3 is 1.67 bits per heavy atom. The molecule has 0 aliphatic heterocycles. The smallest absolute Gasteiger partial charge is 0.00158 e. The van der Waals surface area contributed by atoms with E-state index in [1.165, 1.54) is 0 Å². The number of halogens is 1. The minimum absolute atomic E-state index is 0.786. The predicted octanol–water partition coefficient (Wildman–Crippen LogP) is 3.94. The van der Waals surface area contributed by atoms with Crippen molar-refractivity contribution in [2.24, 2.45) is 17.8 Å². The van der Waals surface area contributed by atoms with Gasteiger partial charge in [-0.15, -0.1) is 0 Å². The van der Waals surface area contributed by atoms with E-state index in [9.17, 15) is 0 Å². The van der Waals surface area contributed by atoms with Gasteiger partial charge in [0.2, 0.25) is 0 Å². The van der Waals surface area contributed by atoms with Crippen LogP contribution in [0.4, 0.5) is 0 Å². The van der Waals surface area contributed by atoms with E-state index in [2.05, 4.69) is 15.5 Å².